The van der Waals surface area contributed by atoms with Gasteiger partial charge in [-0.3, -0.25) is 9.69 Å². The Bertz CT molecular complexity index is 349. The topological polar surface area (TPSA) is 58.4 Å². The Balaban J connectivity index is 0.00000200. The lowest BCUT2D eigenvalue weighted by atomic mass is 9.88. The van der Waals surface area contributed by atoms with Crippen molar-refractivity contribution in [2.24, 2.45) is 17.6 Å². The molecule has 1 saturated carbocycles. The maximum absolute atomic E-state index is 11.9. The summed E-state index contributed by atoms with van der Waals surface area (Å²) in [5, 5.41) is 3.05. The summed E-state index contributed by atoms with van der Waals surface area (Å²) in [5.41, 5.74) is 5.36. The van der Waals surface area contributed by atoms with Crippen LogP contribution in [0.3, 0.4) is 0 Å². The minimum atomic E-state index is -0.557. The van der Waals surface area contributed by atoms with Gasteiger partial charge in [-0.15, -0.1) is 24.8 Å². The van der Waals surface area contributed by atoms with Crippen molar-refractivity contribution in [1.29, 1.82) is 0 Å². The highest BCUT2D eigenvalue weighted by Crippen LogP contribution is 2.32. The zero-order valence-corrected chi connectivity index (χ0v) is 15.3. The average molecular weight is 340 g/mol. The van der Waals surface area contributed by atoms with E-state index in [2.05, 4.69) is 37.9 Å². The second-order valence-corrected chi connectivity index (χ2v) is 7.50. The molecular formula is C15H31Cl2N3O. The zero-order valence-electron chi connectivity index (χ0n) is 13.6. The number of hydrogen-bond acceptors (Lipinski definition) is 3. The number of nitrogens with one attached hydrogen (secondary N) is 1. The van der Waals surface area contributed by atoms with Crippen molar-refractivity contribution in [3.05, 3.63) is 0 Å². The van der Waals surface area contributed by atoms with Crippen LogP contribution < -0.4 is 11.1 Å². The van der Waals surface area contributed by atoms with Gasteiger partial charge in [0.1, 0.15) is 0 Å². The molecule has 2 rings (SSSR count). The number of nitrogens with zero attached hydrogens (tertiary/aromatic N) is 1. The predicted molar refractivity (Wildman–Crippen MR) is 92.3 cm³/mol. The van der Waals surface area contributed by atoms with Crippen LogP contribution in [0.25, 0.3) is 0 Å². The van der Waals surface area contributed by atoms with Crippen LogP contribution in [-0.2, 0) is 4.79 Å². The minimum Gasteiger partial charge on any atom is -0.353 e. The summed E-state index contributed by atoms with van der Waals surface area (Å²) in [4.78, 5) is 14.4. The Morgan fingerprint density at radius 3 is 2.14 bits per heavy atom. The van der Waals surface area contributed by atoms with Crippen LogP contribution in [0.5, 0.6) is 0 Å². The van der Waals surface area contributed by atoms with Gasteiger partial charge in [0.25, 0.3) is 0 Å². The van der Waals surface area contributed by atoms with E-state index in [-0.39, 0.29) is 36.3 Å². The molecule has 2 aliphatic rings. The zero-order chi connectivity index (χ0) is 14.3. The summed E-state index contributed by atoms with van der Waals surface area (Å²) < 4.78 is 0. The van der Waals surface area contributed by atoms with Crippen molar-refractivity contribution in [2.75, 3.05) is 19.6 Å². The van der Waals surface area contributed by atoms with Crippen LogP contribution in [0.2, 0.25) is 0 Å². The van der Waals surface area contributed by atoms with Crippen molar-refractivity contribution in [3.8, 4) is 0 Å². The van der Waals surface area contributed by atoms with Crippen LogP contribution in [0.15, 0.2) is 0 Å². The molecule has 0 radical (unpaired) electrons. The monoisotopic (exact) mass is 339 g/mol. The van der Waals surface area contributed by atoms with E-state index in [9.17, 15) is 4.79 Å². The first-order valence-corrected chi connectivity index (χ1v) is 7.55. The molecule has 0 spiro atoms. The molecule has 126 valence electrons. The molecule has 0 bridgehead atoms. The summed E-state index contributed by atoms with van der Waals surface area (Å²) in [6, 6.07) is 0. The van der Waals surface area contributed by atoms with Gasteiger partial charge in [0.15, 0.2) is 0 Å². The average Bonchev–Trinajstić information content (AvgIpc) is 3.04. The summed E-state index contributed by atoms with van der Waals surface area (Å²) in [7, 11) is 0. The first-order chi connectivity index (χ1) is 8.73. The maximum Gasteiger partial charge on any atom is 0.240 e. The number of piperidine rings is 1. The Morgan fingerprint density at radius 1 is 1.24 bits per heavy atom. The summed E-state index contributed by atoms with van der Waals surface area (Å²) in [6.07, 6.45) is 2.97. The van der Waals surface area contributed by atoms with Gasteiger partial charge in [-0.1, -0.05) is 13.8 Å². The highest BCUT2D eigenvalue weighted by Gasteiger charge is 2.46. The first-order valence-electron chi connectivity index (χ1n) is 7.55. The third kappa shape index (κ3) is 5.27. The fraction of sp³-hybridized carbons (Fsp3) is 0.933. The van der Waals surface area contributed by atoms with Crippen molar-refractivity contribution in [1.82, 2.24) is 10.2 Å². The minimum absolute atomic E-state index is 0. The molecule has 1 saturated heterocycles. The maximum atomic E-state index is 11.9. The van der Waals surface area contributed by atoms with Gasteiger partial charge in [0, 0.05) is 25.2 Å². The molecule has 0 aromatic rings. The number of hydrogen-bond donors (Lipinski definition) is 2. The van der Waals surface area contributed by atoms with E-state index in [4.69, 9.17) is 5.73 Å². The number of carbonyl (C=O) groups is 1. The van der Waals surface area contributed by atoms with Crippen molar-refractivity contribution in [3.63, 3.8) is 0 Å². The number of likely N-dealkylation sites (tertiary alicyclic amines) is 1. The van der Waals surface area contributed by atoms with Crippen LogP contribution in [0.1, 0.15) is 47.0 Å². The van der Waals surface area contributed by atoms with Crippen molar-refractivity contribution in [2.45, 2.75) is 58.0 Å². The largest absolute Gasteiger partial charge is 0.353 e. The summed E-state index contributed by atoms with van der Waals surface area (Å²) in [5.74, 6) is 1.50. The van der Waals surface area contributed by atoms with E-state index >= 15 is 0 Å². The predicted octanol–water partition coefficient (Wildman–Crippen LogP) is 2.19. The van der Waals surface area contributed by atoms with Gasteiger partial charge < -0.3 is 11.1 Å². The molecule has 4 nitrogen and oxygen atoms in total. The van der Waals surface area contributed by atoms with Crippen LogP contribution in [0.4, 0.5) is 0 Å². The Morgan fingerprint density at radius 2 is 1.71 bits per heavy atom. The number of amides is 1. The fourth-order valence-electron chi connectivity index (χ4n) is 3.10. The third-order valence-corrected chi connectivity index (χ3v) is 4.65. The molecule has 2 fully saturated rings. The van der Waals surface area contributed by atoms with Gasteiger partial charge in [0.05, 0.1) is 5.54 Å². The number of carbonyl (C=O) groups excluding carboxylic acids is 1. The van der Waals surface area contributed by atoms with E-state index in [0.29, 0.717) is 6.54 Å². The second kappa shape index (κ2) is 7.49. The quantitative estimate of drug-likeness (QED) is 0.825. The van der Waals surface area contributed by atoms with Gasteiger partial charge in [-0.05, 0) is 44.9 Å². The number of nitrogens with two attached hydrogens (primary N) is 1. The van der Waals surface area contributed by atoms with Gasteiger partial charge in [-0.2, -0.15) is 0 Å². The van der Waals surface area contributed by atoms with E-state index in [1.165, 1.54) is 6.42 Å². The molecular weight excluding hydrogens is 309 g/mol. The standard InChI is InChI=1S/C15H29N3O.2ClH/c1-11-7-12(2)9-18(8-11)14(3,4)10-17-13(19)15(16)5-6-15;;/h11-12H,5-10,16H2,1-4H3,(H,17,19);2*1H. The van der Waals surface area contributed by atoms with Gasteiger partial charge >= 0.3 is 0 Å². The molecule has 6 heteroatoms. The van der Waals surface area contributed by atoms with Gasteiger partial charge in [0.2, 0.25) is 5.91 Å². The van der Waals surface area contributed by atoms with E-state index in [1.807, 2.05) is 0 Å². The van der Waals surface area contributed by atoms with Crippen molar-refractivity contribution < 1.29 is 4.79 Å². The molecule has 1 amide bonds. The highest BCUT2D eigenvalue weighted by atomic mass is 35.5. The third-order valence-electron chi connectivity index (χ3n) is 4.65. The van der Waals surface area contributed by atoms with E-state index in [1.54, 1.807) is 0 Å². The number of halogens is 2. The fourth-order valence-corrected chi connectivity index (χ4v) is 3.10. The van der Waals surface area contributed by atoms with Crippen molar-refractivity contribution >= 4 is 30.7 Å². The molecule has 21 heavy (non-hydrogen) atoms. The molecule has 3 N–H and O–H groups in total. The molecule has 0 aromatic heterocycles. The highest BCUT2D eigenvalue weighted by molar-refractivity contribution is 5.89. The SMILES string of the molecule is CC1CC(C)CN(C(C)(C)CNC(=O)C2(N)CC2)C1.Cl.Cl. The van der Waals surface area contributed by atoms with Crippen LogP contribution in [-0.4, -0.2) is 41.5 Å². The van der Waals surface area contributed by atoms with E-state index < -0.39 is 5.54 Å². The lowest BCUT2D eigenvalue weighted by molar-refractivity contribution is -0.124. The van der Waals surface area contributed by atoms with E-state index in [0.717, 1.165) is 37.8 Å². The Kier molecular flexibility index (Phi) is 7.48. The Hall–Kier alpha value is -0.0300. The molecule has 1 aliphatic carbocycles. The molecule has 1 heterocycles. The first kappa shape index (κ1) is 21.0. The van der Waals surface area contributed by atoms with Crippen LogP contribution >= 0.6 is 24.8 Å². The molecule has 1 aliphatic heterocycles. The smallest absolute Gasteiger partial charge is 0.240 e. The lowest BCUT2D eigenvalue weighted by Gasteiger charge is -2.45. The summed E-state index contributed by atoms with van der Waals surface area (Å²) in [6.45, 7) is 12.0. The number of rotatable bonds is 4. The summed E-state index contributed by atoms with van der Waals surface area (Å²) >= 11 is 0. The van der Waals surface area contributed by atoms with Crippen LogP contribution in [0, 0.1) is 11.8 Å². The normalized spacial score (nSPS) is 28.0. The lowest BCUT2D eigenvalue weighted by Crippen LogP contribution is -2.57. The molecule has 2 unspecified atom stereocenters. The molecule has 2 atom stereocenters. The second-order valence-electron chi connectivity index (χ2n) is 7.50. The molecule has 0 aromatic carbocycles. The Labute approximate surface area is 141 Å². The van der Waals surface area contributed by atoms with Gasteiger partial charge in [-0.25, -0.2) is 0 Å².